The van der Waals surface area contributed by atoms with Crippen molar-refractivity contribution in [3.8, 4) is 0 Å². The Morgan fingerprint density at radius 1 is 1.36 bits per heavy atom. The van der Waals surface area contributed by atoms with Crippen molar-refractivity contribution in [2.45, 2.75) is 45.7 Å². The Labute approximate surface area is 146 Å². The molecule has 4 heterocycles. The van der Waals surface area contributed by atoms with Crippen molar-refractivity contribution < 1.29 is 4.79 Å². The van der Waals surface area contributed by atoms with Gasteiger partial charge in [-0.05, 0) is 30.5 Å². The molecule has 3 aromatic rings. The average molecular weight is 338 g/mol. The fourth-order valence-corrected chi connectivity index (χ4v) is 3.64. The third kappa shape index (κ3) is 2.50. The number of carbonyl (C=O) groups excluding carboxylic acids is 1. The molecule has 0 aliphatic carbocycles. The van der Waals surface area contributed by atoms with Gasteiger partial charge in [0.1, 0.15) is 12.0 Å². The lowest BCUT2D eigenvalue weighted by Crippen LogP contribution is -2.42. The van der Waals surface area contributed by atoms with Gasteiger partial charge in [0.05, 0.1) is 11.7 Å². The fourth-order valence-electron chi connectivity index (χ4n) is 3.64. The molecule has 1 aliphatic heterocycles. The quantitative estimate of drug-likeness (QED) is 0.736. The molecule has 3 aromatic heterocycles. The minimum Gasteiger partial charge on any atom is -0.348 e. The minimum absolute atomic E-state index is 0.0355. The molecule has 0 radical (unpaired) electrons. The van der Waals surface area contributed by atoms with Crippen LogP contribution in [-0.2, 0) is 6.54 Å². The lowest BCUT2D eigenvalue weighted by Gasteiger charge is -2.36. The van der Waals surface area contributed by atoms with Gasteiger partial charge in [0.2, 0.25) is 0 Å². The van der Waals surface area contributed by atoms with Gasteiger partial charge in [0.25, 0.3) is 11.7 Å². The van der Waals surface area contributed by atoms with Crippen molar-refractivity contribution in [3.05, 3.63) is 47.8 Å². The number of fused-ring (bicyclic) bond motifs is 2. The zero-order chi connectivity index (χ0) is 17.6. The van der Waals surface area contributed by atoms with Crippen LogP contribution in [0.4, 0.5) is 0 Å². The van der Waals surface area contributed by atoms with Gasteiger partial charge in [-0.2, -0.15) is 10.1 Å². The maximum absolute atomic E-state index is 13.2. The first kappa shape index (κ1) is 15.8. The van der Waals surface area contributed by atoms with Crippen LogP contribution in [0.5, 0.6) is 0 Å². The number of amides is 1. The maximum atomic E-state index is 13.2. The van der Waals surface area contributed by atoms with E-state index in [1.807, 2.05) is 17.0 Å². The van der Waals surface area contributed by atoms with Gasteiger partial charge in [-0.25, -0.2) is 9.50 Å². The summed E-state index contributed by atoms with van der Waals surface area (Å²) in [5.41, 5.74) is 2.58. The van der Waals surface area contributed by atoms with E-state index in [0.29, 0.717) is 18.0 Å². The van der Waals surface area contributed by atoms with E-state index < -0.39 is 0 Å². The van der Waals surface area contributed by atoms with Gasteiger partial charge >= 0.3 is 0 Å². The molecule has 0 spiro atoms. The van der Waals surface area contributed by atoms with E-state index in [1.165, 1.54) is 12.0 Å². The smallest absolute Gasteiger partial charge is 0.273 e. The molecule has 1 atom stereocenters. The maximum Gasteiger partial charge on any atom is 0.273 e. The molecule has 25 heavy (non-hydrogen) atoms. The van der Waals surface area contributed by atoms with Crippen LogP contribution in [0, 0.1) is 0 Å². The molecular formula is C18H22N6O. The van der Waals surface area contributed by atoms with E-state index in [-0.39, 0.29) is 17.9 Å². The molecule has 0 aromatic carbocycles. The highest BCUT2D eigenvalue weighted by molar-refractivity contribution is 5.93. The Bertz CT molecular complexity index is 925. The Hall–Kier alpha value is -2.70. The molecule has 7 nitrogen and oxygen atoms in total. The zero-order valence-electron chi connectivity index (χ0n) is 14.8. The lowest BCUT2D eigenvalue weighted by atomic mass is 10.1. The number of hydrogen-bond donors (Lipinski definition) is 0. The Morgan fingerprint density at radius 3 is 2.96 bits per heavy atom. The van der Waals surface area contributed by atoms with Crippen molar-refractivity contribution in [1.29, 1.82) is 0 Å². The number of carbonyl (C=O) groups is 1. The third-order valence-corrected chi connectivity index (χ3v) is 4.90. The van der Waals surface area contributed by atoms with Crippen molar-refractivity contribution in [3.63, 3.8) is 0 Å². The van der Waals surface area contributed by atoms with Gasteiger partial charge in [-0.1, -0.05) is 20.8 Å². The minimum atomic E-state index is -0.0355. The Morgan fingerprint density at radius 2 is 2.20 bits per heavy atom. The highest BCUT2D eigenvalue weighted by atomic mass is 16.2. The van der Waals surface area contributed by atoms with E-state index >= 15 is 0 Å². The molecule has 0 fully saturated rings. The van der Waals surface area contributed by atoms with Gasteiger partial charge in [-0.15, -0.1) is 0 Å². The molecule has 0 N–H and O–H groups in total. The summed E-state index contributed by atoms with van der Waals surface area (Å²) in [6.45, 7) is 7.77. The Kier molecular flexibility index (Phi) is 3.78. The Balaban J connectivity index is 1.75. The summed E-state index contributed by atoms with van der Waals surface area (Å²) in [5, 5.41) is 4.22. The second-order valence-electron chi connectivity index (χ2n) is 6.74. The van der Waals surface area contributed by atoms with Crippen LogP contribution >= 0.6 is 0 Å². The van der Waals surface area contributed by atoms with Crippen LogP contribution in [0.2, 0.25) is 0 Å². The van der Waals surface area contributed by atoms with E-state index in [1.54, 1.807) is 4.52 Å². The number of hydrogen-bond acceptors (Lipinski definition) is 4. The summed E-state index contributed by atoms with van der Waals surface area (Å²) in [7, 11) is 0. The number of rotatable bonds is 3. The first-order valence-corrected chi connectivity index (χ1v) is 8.76. The van der Waals surface area contributed by atoms with Gasteiger partial charge in [-0.3, -0.25) is 4.79 Å². The van der Waals surface area contributed by atoms with E-state index in [2.05, 4.69) is 52.7 Å². The number of aromatic nitrogens is 5. The fraction of sp³-hybridized carbons (Fsp3) is 0.444. The van der Waals surface area contributed by atoms with Gasteiger partial charge < -0.3 is 9.47 Å². The van der Waals surface area contributed by atoms with E-state index in [9.17, 15) is 4.79 Å². The van der Waals surface area contributed by atoms with Crippen LogP contribution in [0.1, 0.15) is 61.0 Å². The first-order chi connectivity index (χ1) is 12.1. The molecule has 4 rings (SSSR count). The summed E-state index contributed by atoms with van der Waals surface area (Å²) in [4.78, 5) is 23.8. The van der Waals surface area contributed by atoms with Gasteiger partial charge in [0.15, 0.2) is 0 Å². The van der Waals surface area contributed by atoms with E-state index in [0.717, 1.165) is 18.7 Å². The molecule has 7 heteroatoms. The SMILES string of the molecule is CC[C@@H]1c2cccn2CCN1C(=O)c1cc(C(C)C)n2ncnc2n1. The molecule has 130 valence electrons. The molecule has 0 unspecified atom stereocenters. The monoisotopic (exact) mass is 338 g/mol. The van der Waals surface area contributed by atoms with Crippen LogP contribution in [0.25, 0.3) is 5.78 Å². The van der Waals surface area contributed by atoms with Crippen molar-refractivity contribution in [2.24, 2.45) is 0 Å². The highest BCUT2D eigenvalue weighted by Crippen LogP contribution is 2.30. The van der Waals surface area contributed by atoms with Gasteiger partial charge in [0, 0.05) is 25.0 Å². The molecule has 0 saturated carbocycles. The number of nitrogens with zero attached hydrogens (tertiary/aromatic N) is 6. The van der Waals surface area contributed by atoms with Crippen LogP contribution in [0.3, 0.4) is 0 Å². The summed E-state index contributed by atoms with van der Waals surface area (Å²) in [6, 6.07) is 6.08. The van der Waals surface area contributed by atoms with E-state index in [4.69, 9.17) is 0 Å². The summed E-state index contributed by atoms with van der Waals surface area (Å²) in [5.74, 6) is 0.661. The first-order valence-electron chi connectivity index (χ1n) is 8.76. The molecule has 1 amide bonds. The molecule has 1 aliphatic rings. The van der Waals surface area contributed by atoms with Crippen LogP contribution < -0.4 is 0 Å². The van der Waals surface area contributed by atoms with Crippen LogP contribution in [0.15, 0.2) is 30.7 Å². The standard InChI is InChI=1S/C18H22N6O/c1-4-14-15-6-5-7-22(15)8-9-23(14)17(25)13-10-16(12(2)3)24-18(21-13)19-11-20-24/h5-7,10-12,14H,4,8-9H2,1-3H3/t14-/m1/s1. The predicted octanol–water partition coefficient (Wildman–Crippen LogP) is 2.66. The normalized spacial score (nSPS) is 17.3. The van der Waals surface area contributed by atoms with Crippen molar-refractivity contribution in [2.75, 3.05) is 6.54 Å². The van der Waals surface area contributed by atoms with Crippen molar-refractivity contribution >= 4 is 11.7 Å². The summed E-state index contributed by atoms with van der Waals surface area (Å²) >= 11 is 0. The molecule has 0 saturated heterocycles. The third-order valence-electron chi connectivity index (χ3n) is 4.90. The summed E-state index contributed by atoms with van der Waals surface area (Å²) in [6.07, 6.45) is 4.43. The van der Waals surface area contributed by atoms with Crippen LogP contribution in [-0.4, -0.2) is 41.5 Å². The topological polar surface area (TPSA) is 68.3 Å². The molecule has 0 bridgehead atoms. The lowest BCUT2D eigenvalue weighted by molar-refractivity contribution is 0.0611. The highest BCUT2D eigenvalue weighted by Gasteiger charge is 2.31. The second kappa shape index (κ2) is 5.98. The average Bonchev–Trinajstić information content (AvgIpc) is 3.27. The summed E-state index contributed by atoms with van der Waals surface area (Å²) < 4.78 is 3.94. The second-order valence-corrected chi connectivity index (χ2v) is 6.74. The molecular weight excluding hydrogens is 316 g/mol. The zero-order valence-corrected chi connectivity index (χ0v) is 14.8. The predicted molar refractivity (Wildman–Crippen MR) is 93.4 cm³/mol. The largest absolute Gasteiger partial charge is 0.348 e. The van der Waals surface area contributed by atoms with Crippen molar-refractivity contribution in [1.82, 2.24) is 29.0 Å².